The minimum absolute atomic E-state index is 0.162. The van der Waals surface area contributed by atoms with Gasteiger partial charge in [-0.05, 0) is 63.0 Å². The number of aromatic nitrogens is 3. The van der Waals surface area contributed by atoms with E-state index in [0.717, 1.165) is 38.1 Å². The van der Waals surface area contributed by atoms with E-state index < -0.39 is 11.7 Å². The van der Waals surface area contributed by atoms with E-state index in [9.17, 15) is 18.0 Å². The van der Waals surface area contributed by atoms with Gasteiger partial charge in [0.15, 0.2) is 5.82 Å². The highest BCUT2D eigenvalue weighted by molar-refractivity contribution is 5.90. The number of amides is 1. The number of hydrogen-bond donors (Lipinski definition) is 1. The molecule has 1 aliphatic rings. The van der Waals surface area contributed by atoms with Gasteiger partial charge < -0.3 is 10.2 Å². The number of alkyl halides is 3. The molecule has 3 rings (SSSR count). The van der Waals surface area contributed by atoms with Crippen molar-refractivity contribution in [2.75, 3.05) is 26.7 Å². The van der Waals surface area contributed by atoms with Crippen molar-refractivity contribution >= 4 is 12.1 Å². The lowest BCUT2D eigenvalue weighted by Crippen LogP contribution is -2.38. The highest BCUT2D eigenvalue weighted by Gasteiger charge is 2.31. The zero-order valence-corrected chi connectivity index (χ0v) is 16.4. The van der Waals surface area contributed by atoms with Gasteiger partial charge in [-0.25, -0.2) is 9.67 Å². The van der Waals surface area contributed by atoms with Gasteiger partial charge >= 0.3 is 6.18 Å². The van der Waals surface area contributed by atoms with Crippen LogP contribution in [0.2, 0.25) is 0 Å². The summed E-state index contributed by atoms with van der Waals surface area (Å²) < 4.78 is 40.3. The summed E-state index contributed by atoms with van der Waals surface area (Å²) in [7, 11) is 2.07. The van der Waals surface area contributed by atoms with E-state index in [2.05, 4.69) is 27.3 Å². The normalized spacial score (nSPS) is 18.3. The van der Waals surface area contributed by atoms with Gasteiger partial charge in [0.2, 0.25) is 5.91 Å². The van der Waals surface area contributed by atoms with Crippen molar-refractivity contribution < 1.29 is 18.0 Å². The smallest absolute Gasteiger partial charge is 0.352 e. The molecule has 156 valence electrons. The average Bonchev–Trinajstić information content (AvgIpc) is 3.13. The minimum atomic E-state index is -4.44. The third-order valence-electron chi connectivity index (χ3n) is 4.84. The number of carbonyl (C=O) groups is 1. The number of aryl methyl sites for hydroxylation is 1. The van der Waals surface area contributed by atoms with E-state index in [1.54, 1.807) is 13.0 Å². The van der Waals surface area contributed by atoms with Crippen molar-refractivity contribution in [1.29, 1.82) is 0 Å². The third kappa shape index (κ3) is 5.90. The van der Waals surface area contributed by atoms with Gasteiger partial charge in [0.1, 0.15) is 6.33 Å². The van der Waals surface area contributed by atoms with Crippen LogP contribution in [-0.4, -0.2) is 52.3 Å². The zero-order valence-electron chi connectivity index (χ0n) is 16.4. The first kappa shape index (κ1) is 21.0. The molecule has 1 saturated heterocycles. The number of carbonyl (C=O) groups excluding carboxylic acids is 1. The number of nitrogens with zero attached hydrogens (tertiary/aromatic N) is 4. The van der Waals surface area contributed by atoms with E-state index in [4.69, 9.17) is 0 Å². The first-order valence-electron chi connectivity index (χ1n) is 9.45. The van der Waals surface area contributed by atoms with Crippen LogP contribution in [0.5, 0.6) is 0 Å². The highest BCUT2D eigenvalue weighted by atomic mass is 19.4. The van der Waals surface area contributed by atoms with Crippen LogP contribution in [0.4, 0.5) is 13.2 Å². The van der Waals surface area contributed by atoms with Crippen molar-refractivity contribution in [2.24, 2.45) is 5.92 Å². The molecule has 0 bridgehead atoms. The quantitative estimate of drug-likeness (QED) is 0.774. The molecule has 1 aliphatic heterocycles. The van der Waals surface area contributed by atoms with Crippen LogP contribution in [0.3, 0.4) is 0 Å². The van der Waals surface area contributed by atoms with Crippen molar-refractivity contribution in [1.82, 2.24) is 25.0 Å². The number of halogens is 3. The second-order valence-electron chi connectivity index (χ2n) is 7.47. The standard InChI is InChI=1S/C20H24F3N5O/c1-14-8-16(10-17(9-14)20(21,22)23)19-25-13-28(26-19)7-5-18(29)24-11-15-4-3-6-27(2)12-15/h5,7-10,13,15H,3-4,6,11-12H2,1-2H3,(H,24,29)/b7-5-. The van der Waals surface area contributed by atoms with Gasteiger partial charge in [-0.2, -0.15) is 13.2 Å². The first-order valence-corrected chi connectivity index (χ1v) is 9.45. The second-order valence-corrected chi connectivity index (χ2v) is 7.47. The summed E-state index contributed by atoms with van der Waals surface area (Å²) in [5.74, 6) is 0.355. The summed E-state index contributed by atoms with van der Waals surface area (Å²) in [6.07, 6.45) is 1.90. The average molecular weight is 407 g/mol. The molecule has 9 heteroatoms. The number of nitrogens with one attached hydrogen (secondary N) is 1. The predicted molar refractivity (Wildman–Crippen MR) is 104 cm³/mol. The number of hydrogen-bond acceptors (Lipinski definition) is 4. The summed E-state index contributed by atoms with van der Waals surface area (Å²) in [6, 6.07) is 3.69. The largest absolute Gasteiger partial charge is 0.416 e. The Kier molecular flexibility index (Phi) is 6.36. The summed E-state index contributed by atoms with van der Waals surface area (Å²) in [4.78, 5) is 18.3. The van der Waals surface area contributed by atoms with E-state index in [1.807, 2.05) is 0 Å². The predicted octanol–water partition coefficient (Wildman–Crippen LogP) is 3.20. The Morgan fingerprint density at radius 2 is 2.14 bits per heavy atom. The maximum absolute atomic E-state index is 13.0. The van der Waals surface area contributed by atoms with Crippen molar-refractivity contribution in [3.8, 4) is 11.4 Å². The molecule has 0 radical (unpaired) electrons. The Morgan fingerprint density at radius 1 is 1.34 bits per heavy atom. The molecule has 1 aromatic carbocycles. The van der Waals surface area contributed by atoms with Gasteiger partial charge in [0.25, 0.3) is 0 Å². The molecule has 1 aromatic heterocycles. The maximum Gasteiger partial charge on any atom is 0.416 e. The fourth-order valence-corrected chi connectivity index (χ4v) is 3.44. The molecule has 0 aliphatic carbocycles. The van der Waals surface area contributed by atoms with Crippen LogP contribution in [0.25, 0.3) is 17.6 Å². The SMILES string of the molecule is Cc1cc(-c2ncn(/C=C\C(=O)NCC3CCCN(C)C3)n2)cc(C(F)(F)F)c1. The van der Waals surface area contributed by atoms with Crippen molar-refractivity contribution in [2.45, 2.75) is 25.9 Å². The lowest BCUT2D eigenvalue weighted by Gasteiger charge is -2.29. The van der Waals surface area contributed by atoms with Gasteiger partial charge in [0, 0.05) is 30.9 Å². The summed E-state index contributed by atoms with van der Waals surface area (Å²) in [5.41, 5.74) is -0.00285. The van der Waals surface area contributed by atoms with Crippen molar-refractivity contribution in [3.63, 3.8) is 0 Å². The van der Waals surface area contributed by atoms with Crippen LogP contribution in [-0.2, 0) is 11.0 Å². The zero-order chi connectivity index (χ0) is 21.0. The van der Waals surface area contributed by atoms with Gasteiger partial charge in [-0.1, -0.05) is 0 Å². The van der Waals surface area contributed by atoms with E-state index in [-0.39, 0.29) is 17.3 Å². The van der Waals surface area contributed by atoms with E-state index in [0.29, 0.717) is 18.0 Å². The number of rotatable bonds is 5. The molecule has 0 spiro atoms. The fourth-order valence-electron chi connectivity index (χ4n) is 3.44. The minimum Gasteiger partial charge on any atom is -0.352 e. The number of piperidine rings is 1. The molecular weight excluding hydrogens is 383 g/mol. The highest BCUT2D eigenvalue weighted by Crippen LogP contribution is 2.32. The van der Waals surface area contributed by atoms with E-state index in [1.165, 1.54) is 23.3 Å². The molecule has 1 N–H and O–H groups in total. The molecule has 1 amide bonds. The third-order valence-corrected chi connectivity index (χ3v) is 4.84. The Balaban J connectivity index is 1.61. The molecular formula is C20H24F3N5O. The second kappa shape index (κ2) is 8.77. The Bertz CT molecular complexity index is 890. The first-order chi connectivity index (χ1) is 13.7. The molecule has 29 heavy (non-hydrogen) atoms. The Morgan fingerprint density at radius 3 is 2.86 bits per heavy atom. The summed E-state index contributed by atoms with van der Waals surface area (Å²) >= 11 is 0. The lowest BCUT2D eigenvalue weighted by atomic mass is 9.98. The molecule has 6 nitrogen and oxygen atoms in total. The maximum atomic E-state index is 13.0. The van der Waals surface area contributed by atoms with Crippen molar-refractivity contribution in [3.05, 3.63) is 41.7 Å². The number of benzene rings is 1. The summed E-state index contributed by atoms with van der Waals surface area (Å²) in [5, 5.41) is 7.02. The Hall–Kier alpha value is -2.68. The summed E-state index contributed by atoms with van der Waals surface area (Å²) in [6.45, 7) is 4.25. The van der Waals surface area contributed by atoms with Crippen LogP contribution in [0.1, 0.15) is 24.0 Å². The topological polar surface area (TPSA) is 63.1 Å². The number of likely N-dealkylation sites (tertiary alicyclic amines) is 1. The van der Waals surface area contributed by atoms with Crippen LogP contribution >= 0.6 is 0 Å². The monoisotopic (exact) mass is 407 g/mol. The van der Waals surface area contributed by atoms with Crippen LogP contribution in [0, 0.1) is 12.8 Å². The molecule has 1 atom stereocenters. The molecule has 0 saturated carbocycles. The molecule has 1 fully saturated rings. The molecule has 1 unspecified atom stereocenters. The van der Waals surface area contributed by atoms with Gasteiger partial charge in [-0.15, -0.1) is 5.10 Å². The van der Waals surface area contributed by atoms with Crippen LogP contribution in [0.15, 0.2) is 30.6 Å². The fraction of sp³-hybridized carbons (Fsp3) is 0.450. The van der Waals surface area contributed by atoms with Crippen LogP contribution < -0.4 is 5.32 Å². The van der Waals surface area contributed by atoms with E-state index >= 15 is 0 Å². The van der Waals surface area contributed by atoms with Gasteiger partial charge in [-0.3, -0.25) is 4.79 Å². The molecule has 2 aromatic rings. The Labute approximate surface area is 167 Å². The molecule has 2 heterocycles. The lowest BCUT2D eigenvalue weighted by molar-refractivity contribution is -0.137. The van der Waals surface area contributed by atoms with Gasteiger partial charge in [0.05, 0.1) is 5.56 Å².